The molecular weight excluding hydrogens is 246 g/mol. The number of nitrogens with zero attached hydrogens (tertiary/aromatic N) is 2. The van der Waals surface area contributed by atoms with E-state index in [-0.39, 0.29) is 11.8 Å². The lowest BCUT2D eigenvalue weighted by molar-refractivity contribution is -0.384. The maximum absolute atomic E-state index is 10.7. The number of nitro benzene ring substituents is 1. The molecule has 1 fully saturated rings. The highest BCUT2D eigenvalue weighted by molar-refractivity contribution is 5.52. The van der Waals surface area contributed by atoms with Gasteiger partial charge in [0.05, 0.1) is 11.0 Å². The van der Waals surface area contributed by atoms with E-state index in [0.29, 0.717) is 18.2 Å². The number of rotatable bonds is 5. The molecule has 0 aromatic heterocycles. The lowest BCUT2D eigenvalue weighted by Crippen LogP contribution is -2.36. The second kappa shape index (κ2) is 5.54. The Kier molecular flexibility index (Phi) is 4.01. The minimum absolute atomic E-state index is 0.0664. The Morgan fingerprint density at radius 1 is 1.53 bits per heavy atom. The van der Waals surface area contributed by atoms with Crippen LogP contribution in [-0.2, 0) is 6.54 Å². The molecule has 1 aliphatic carbocycles. The van der Waals surface area contributed by atoms with E-state index in [4.69, 9.17) is 5.73 Å². The van der Waals surface area contributed by atoms with Gasteiger partial charge in [-0.2, -0.15) is 0 Å². The molecule has 1 saturated carbocycles. The van der Waals surface area contributed by atoms with Crippen LogP contribution >= 0.6 is 0 Å². The van der Waals surface area contributed by atoms with Gasteiger partial charge in [-0.1, -0.05) is 0 Å². The minimum Gasteiger partial charge on any atom is -0.398 e. The molecule has 0 atom stereocenters. The maximum atomic E-state index is 10.7. The first-order valence-electron chi connectivity index (χ1n) is 6.35. The quantitative estimate of drug-likeness (QED) is 0.476. The Hall–Kier alpha value is -1.66. The lowest BCUT2D eigenvalue weighted by Gasteiger charge is -2.34. The lowest BCUT2D eigenvalue weighted by atomic mass is 9.82. The van der Waals surface area contributed by atoms with E-state index in [2.05, 4.69) is 4.90 Å². The normalized spacial score (nSPS) is 22.3. The van der Waals surface area contributed by atoms with Crippen LogP contribution in [0.1, 0.15) is 18.4 Å². The predicted octanol–water partition coefficient (Wildman–Crippen LogP) is 1.38. The number of non-ortho nitro benzene ring substituents is 1. The van der Waals surface area contributed by atoms with E-state index in [1.165, 1.54) is 12.1 Å². The molecule has 0 amide bonds. The molecule has 104 valence electrons. The number of anilines is 1. The van der Waals surface area contributed by atoms with Gasteiger partial charge >= 0.3 is 0 Å². The third-order valence-corrected chi connectivity index (χ3v) is 3.56. The number of nitrogen functional groups attached to an aromatic ring is 1. The van der Waals surface area contributed by atoms with Gasteiger partial charge in [0.1, 0.15) is 0 Å². The summed E-state index contributed by atoms with van der Waals surface area (Å²) in [6, 6.07) is 4.52. The fraction of sp³-hybridized carbons (Fsp3) is 0.538. The summed E-state index contributed by atoms with van der Waals surface area (Å²) in [5.74, 6) is 0.514. The Labute approximate surface area is 112 Å². The molecule has 1 aliphatic rings. The predicted molar refractivity (Wildman–Crippen MR) is 72.6 cm³/mol. The van der Waals surface area contributed by atoms with Crippen LogP contribution in [0.4, 0.5) is 11.4 Å². The standard InChI is InChI=1S/C13H19N3O3/c1-15(7-9-4-12(17)5-9)8-10-6-11(16(18)19)2-3-13(10)14/h2-3,6,9,12,17H,4-5,7-8,14H2,1H3. The van der Waals surface area contributed by atoms with E-state index in [1.54, 1.807) is 6.07 Å². The van der Waals surface area contributed by atoms with Crippen molar-refractivity contribution < 1.29 is 10.0 Å². The second-order valence-electron chi connectivity index (χ2n) is 5.33. The first-order chi connectivity index (χ1) is 8.95. The molecule has 6 heteroatoms. The third kappa shape index (κ3) is 3.42. The van der Waals surface area contributed by atoms with E-state index in [0.717, 1.165) is 24.9 Å². The summed E-state index contributed by atoms with van der Waals surface area (Å²) in [6.07, 6.45) is 1.53. The van der Waals surface area contributed by atoms with Gasteiger partial charge in [0.15, 0.2) is 0 Å². The van der Waals surface area contributed by atoms with Gasteiger partial charge in [0, 0.05) is 30.9 Å². The van der Waals surface area contributed by atoms with Crippen LogP contribution in [0.25, 0.3) is 0 Å². The van der Waals surface area contributed by atoms with E-state index >= 15 is 0 Å². The van der Waals surface area contributed by atoms with Gasteiger partial charge in [-0.3, -0.25) is 10.1 Å². The van der Waals surface area contributed by atoms with Crippen molar-refractivity contribution in [2.45, 2.75) is 25.5 Å². The van der Waals surface area contributed by atoms with Crippen molar-refractivity contribution in [2.24, 2.45) is 5.92 Å². The first-order valence-corrected chi connectivity index (χ1v) is 6.35. The topological polar surface area (TPSA) is 92.6 Å². The molecule has 2 rings (SSSR count). The van der Waals surface area contributed by atoms with E-state index in [1.807, 2.05) is 7.05 Å². The summed E-state index contributed by atoms with van der Waals surface area (Å²) in [4.78, 5) is 12.4. The van der Waals surface area contributed by atoms with Crippen LogP contribution in [-0.4, -0.2) is 34.6 Å². The van der Waals surface area contributed by atoms with Crippen molar-refractivity contribution in [1.82, 2.24) is 4.90 Å². The molecule has 0 bridgehead atoms. The first kappa shape index (κ1) is 13.8. The zero-order valence-electron chi connectivity index (χ0n) is 11.0. The van der Waals surface area contributed by atoms with Gasteiger partial charge in [-0.25, -0.2) is 0 Å². The molecule has 0 heterocycles. The number of hydrogen-bond acceptors (Lipinski definition) is 5. The highest BCUT2D eigenvalue weighted by atomic mass is 16.6. The van der Waals surface area contributed by atoms with Crippen molar-refractivity contribution in [3.8, 4) is 0 Å². The summed E-state index contributed by atoms with van der Waals surface area (Å²) in [5.41, 5.74) is 7.26. The zero-order chi connectivity index (χ0) is 14.0. The van der Waals surface area contributed by atoms with Crippen molar-refractivity contribution in [2.75, 3.05) is 19.3 Å². The smallest absolute Gasteiger partial charge is 0.269 e. The van der Waals surface area contributed by atoms with Gasteiger partial charge in [-0.15, -0.1) is 0 Å². The number of benzene rings is 1. The number of nitro groups is 1. The van der Waals surface area contributed by atoms with Gasteiger partial charge in [0.2, 0.25) is 0 Å². The average Bonchev–Trinajstić information content (AvgIpc) is 2.29. The average molecular weight is 265 g/mol. The summed E-state index contributed by atoms with van der Waals surface area (Å²) < 4.78 is 0. The van der Waals surface area contributed by atoms with Crippen LogP contribution in [0, 0.1) is 16.0 Å². The Morgan fingerprint density at radius 3 is 2.79 bits per heavy atom. The second-order valence-corrected chi connectivity index (χ2v) is 5.33. The van der Waals surface area contributed by atoms with Crippen LogP contribution in [0.15, 0.2) is 18.2 Å². The summed E-state index contributed by atoms with van der Waals surface area (Å²) in [6.45, 7) is 1.46. The fourth-order valence-electron chi connectivity index (χ4n) is 2.49. The van der Waals surface area contributed by atoms with Crippen molar-refractivity contribution in [3.63, 3.8) is 0 Å². The fourth-order valence-corrected chi connectivity index (χ4v) is 2.49. The largest absolute Gasteiger partial charge is 0.398 e. The van der Waals surface area contributed by atoms with Crippen molar-refractivity contribution in [1.29, 1.82) is 0 Å². The van der Waals surface area contributed by atoms with Gasteiger partial charge in [0.25, 0.3) is 5.69 Å². The summed E-state index contributed by atoms with van der Waals surface area (Å²) in [7, 11) is 1.96. The molecule has 0 saturated heterocycles. The molecule has 0 unspecified atom stereocenters. The van der Waals surface area contributed by atoms with Crippen molar-refractivity contribution >= 4 is 11.4 Å². The van der Waals surface area contributed by atoms with Crippen LogP contribution in [0.5, 0.6) is 0 Å². The molecule has 0 aliphatic heterocycles. The number of nitrogens with two attached hydrogens (primary N) is 1. The highest BCUT2D eigenvalue weighted by Gasteiger charge is 2.28. The highest BCUT2D eigenvalue weighted by Crippen LogP contribution is 2.28. The van der Waals surface area contributed by atoms with E-state index < -0.39 is 4.92 Å². The monoisotopic (exact) mass is 265 g/mol. The molecule has 1 aromatic rings. The van der Waals surface area contributed by atoms with Crippen LogP contribution in [0.3, 0.4) is 0 Å². The Bertz CT molecular complexity index is 472. The van der Waals surface area contributed by atoms with Crippen molar-refractivity contribution in [3.05, 3.63) is 33.9 Å². The molecule has 1 aromatic carbocycles. The van der Waals surface area contributed by atoms with Gasteiger partial charge < -0.3 is 15.7 Å². The van der Waals surface area contributed by atoms with Gasteiger partial charge in [-0.05, 0) is 37.4 Å². The maximum Gasteiger partial charge on any atom is 0.269 e. The third-order valence-electron chi connectivity index (χ3n) is 3.56. The minimum atomic E-state index is -0.411. The Morgan fingerprint density at radius 2 is 2.21 bits per heavy atom. The molecular formula is C13H19N3O3. The summed E-state index contributed by atoms with van der Waals surface area (Å²) in [5, 5.41) is 20.0. The Balaban J connectivity index is 1.97. The molecule has 3 N–H and O–H groups in total. The number of aliphatic hydroxyl groups is 1. The van der Waals surface area contributed by atoms with Crippen LogP contribution < -0.4 is 5.73 Å². The SMILES string of the molecule is CN(Cc1cc([N+](=O)[O-])ccc1N)CC1CC(O)C1. The number of hydrogen-bond donors (Lipinski definition) is 2. The molecule has 0 radical (unpaired) electrons. The molecule has 6 nitrogen and oxygen atoms in total. The molecule has 19 heavy (non-hydrogen) atoms. The van der Waals surface area contributed by atoms with E-state index in [9.17, 15) is 15.2 Å². The van der Waals surface area contributed by atoms with Crippen LogP contribution in [0.2, 0.25) is 0 Å². The number of aliphatic hydroxyl groups excluding tert-OH is 1. The molecule has 0 spiro atoms. The summed E-state index contributed by atoms with van der Waals surface area (Å²) >= 11 is 0. The zero-order valence-corrected chi connectivity index (χ0v) is 11.0.